The van der Waals surface area contributed by atoms with E-state index in [0.29, 0.717) is 11.3 Å². The Labute approximate surface area is 228 Å². The number of nitrogens with zero attached hydrogens (tertiary/aromatic N) is 2. The molecule has 2 aliphatic rings. The summed E-state index contributed by atoms with van der Waals surface area (Å²) in [6.45, 7) is 3.47. The highest BCUT2D eigenvalue weighted by atomic mass is 32.2. The van der Waals surface area contributed by atoms with Crippen molar-refractivity contribution < 1.29 is 33.8 Å². The van der Waals surface area contributed by atoms with E-state index in [1.165, 1.54) is 29.8 Å². The van der Waals surface area contributed by atoms with Crippen molar-refractivity contribution in [3.05, 3.63) is 65.7 Å². The van der Waals surface area contributed by atoms with Crippen molar-refractivity contribution in [2.45, 2.75) is 42.1 Å². The number of amides is 4. The number of ether oxygens (including phenoxy) is 1. The fraction of sp³-hybridized carbons (Fsp3) is 0.308. The summed E-state index contributed by atoms with van der Waals surface area (Å²) in [6.07, 6.45) is 0.819. The van der Waals surface area contributed by atoms with Gasteiger partial charge in [0.25, 0.3) is 11.8 Å². The first-order chi connectivity index (χ1) is 18.5. The summed E-state index contributed by atoms with van der Waals surface area (Å²) in [4.78, 5) is 64.1. The molecule has 4 N–H and O–H groups in total. The predicted octanol–water partition coefficient (Wildman–Crippen LogP) is 0.900. The number of carboxylic acid groups (broad SMARTS) is 1. The Morgan fingerprint density at radius 2 is 1.77 bits per heavy atom. The lowest BCUT2D eigenvalue weighted by Crippen LogP contribution is -2.71. The largest absolute Gasteiger partial charge is 0.496 e. The second-order valence-electron chi connectivity index (χ2n) is 9.34. The van der Waals surface area contributed by atoms with E-state index in [-0.39, 0.29) is 5.56 Å². The van der Waals surface area contributed by atoms with Crippen LogP contribution in [0.25, 0.3) is 0 Å². The molecule has 2 aliphatic heterocycles. The van der Waals surface area contributed by atoms with Crippen LogP contribution in [0.4, 0.5) is 0 Å². The third-order valence-electron chi connectivity index (χ3n) is 6.35. The third kappa shape index (κ3) is 5.58. The Hall–Kier alpha value is -4.39. The van der Waals surface area contributed by atoms with Crippen LogP contribution in [0.5, 0.6) is 5.75 Å². The Morgan fingerprint density at radius 3 is 2.44 bits per heavy atom. The molecule has 0 spiro atoms. The van der Waals surface area contributed by atoms with Gasteiger partial charge >= 0.3 is 5.97 Å². The van der Waals surface area contributed by atoms with E-state index in [4.69, 9.17) is 4.74 Å². The summed E-state index contributed by atoms with van der Waals surface area (Å²) < 4.78 is 4.39. The van der Waals surface area contributed by atoms with Crippen LogP contribution >= 0.6 is 11.8 Å². The van der Waals surface area contributed by atoms with Crippen molar-refractivity contribution in [3.63, 3.8) is 0 Å². The zero-order valence-electron chi connectivity index (χ0n) is 21.3. The minimum Gasteiger partial charge on any atom is -0.496 e. The van der Waals surface area contributed by atoms with Crippen LogP contribution in [0.15, 0.2) is 59.7 Å². The number of aliphatic carboxylic acids is 1. The van der Waals surface area contributed by atoms with Gasteiger partial charge in [-0.15, -0.1) is 11.8 Å². The van der Waals surface area contributed by atoms with Crippen molar-refractivity contribution in [3.8, 4) is 5.75 Å². The molecule has 13 heteroatoms. The molecular formula is C26H27N5O7S. The van der Waals surface area contributed by atoms with E-state index < -0.39 is 57.8 Å². The molecule has 0 aromatic heterocycles. The van der Waals surface area contributed by atoms with Crippen LogP contribution in [0, 0.1) is 0 Å². The van der Waals surface area contributed by atoms with Gasteiger partial charge in [-0.3, -0.25) is 19.2 Å². The van der Waals surface area contributed by atoms with E-state index in [9.17, 15) is 29.1 Å². The molecular weight excluding hydrogens is 526 g/mol. The van der Waals surface area contributed by atoms with Gasteiger partial charge in [0, 0.05) is 4.75 Å². The zero-order valence-corrected chi connectivity index (χ0v) is 22.1. The smallest absolute Gasteiger partial charge is 0.327 e. The number of carbonyl (C=O) groups is 5. The molecule has 2 aromatic rings. The molecule has 4 rings (SSSR count). The summed E-state index contributed by atoms with van der Waals surface area (Å²) >= 11 is 1.30. The van der Waals surface area contributed by atoms with E-state index in [1.807, 2.05) is 0 Å². The summed E-state index contributed by atoms with van der Waals surface area (Å²) in [5, 5.41) is 17.9. The fourth-order valence-corrected chi connectivity index (χ4v) is 6.17. The van der Waals surface area contributed by atoms with Gasteiger partial charge in [-0.2, -0.15) is 5.10 Å². The number of carbonyl (C=O) groups excluding carboxylic acids is 4. The number of rotatable bonds is 9. The molecule has 204 valence electrons. The zero-order chi connectivity index (χ0) is 28.3. The molecule has 2 aromatic carbocycles. The van der Waals surface area contributed by atoms with Gasteiger partial charge in [-0.05, 0) is 31.5 Å². The van der Waals surface area contributed by atoms with Crippen molar-refractivity contribution in [2.24, 2.45) is 5.10 Å². The van der Waals surface area contributed by atoms with E-state index in [1.54, 1.807) is 62.4 Å². The number of hydrazone groups is 1. The number of hydrogen-bond donors (Lipinski definition) is 4. The maximum absolute atomic E-state index is 13.3. The fourth-order valence-electron chi connectivity index (χ4n) is 4.55. The van der Waals surface area contributed by atoms with Crippen molar-refractivity contribution >= 4 is 47.6 Å². The van der Waals surface area contributed by atoms with Gasteiger partial charge in [0.15, 0.2) is 0 Å². The number of nitrogens with one attached hydrogen (secondary N) is 3. The second-order valence-corrected chi connectivity index (χ2v) is 11.1. The van der Waals surface area contributed by atoms with Gasteiger partial charge in [0.1, 0.15) is 35.5 Å². The number of thioether (sulfide) groups is 1. The molecule has 2 unspecified atom stereocenters. The molecule has 4 atom stereocenters. The first-order valence-electron chi connectivity index (χ1n) is 11.9. The molecule has 2 heterocycles. The van der Waals surface area contributed by atoms with Crippen molar-refractivity contribution in [1.29, 1.82) is 0 Å². The average molecular weight is 554 g/mol. The van der Waals surface area contributed by atoms with Gasteiger partial charge in [-0.25, -0.2) is 10.2 Å². The first-order valence-corrected chi connectivity index (χ1v) is 12.8. The van der Waals surface area contributed by atoms with Crippen LogP contribution in [0.3, 0.4) is 0 Å². The molecule has 0 bridgehead atoms. The Bertz CT molecular complexity index is 1330. The molecule has 2 saturated heterocycles. The van der Waals surface area contributed by atoms with Crippen LogP contribution < -0.4 is 20.8 Å². The number of carboxylic acids is 1. The van der Waals surface area contributed by atoms with Crippen LogP contribution in [0.2, 0.25) is 0 Å². The highest BCUT2D eigenvalue weighted by molar-refractivity contribution is 8.01. The molecule has 0 saturated carbocycles. The molecule has 12 nitrogen and oxygen atoms in total. The standard InChI is InChI=1S/C26H27N5O7S/c1-26(2)20(25(36)37)31-23(35)19(24(31)39-26)29-22(34)18(14-9-5-4-6-10-14)28-17(32)13-27-30-21(33)15-11-7-8-12-16(15)38-3/h4-13,18-20,24H,1-3H3,(H,28,32)(H,29,34)(H,30,33)(H,36,37)/b27-13+/t18?,19?,20-,24+/m0/s1. The Kier molecular flexibility index (Phi) is 7.90. The van der Waals surface area contributed by atoms with Crippen LogP contribution in [0.1, 0.15) is 35.8 Å². The quantitative estimate of drug-likeness (QED) is 0.202. The summed E-state index contributed by atoms with van der Waals surface area (Å²) in [7, 11) is 1.42. The third-order valence-corrected chi connectivity index (χ3v) is 7.93. The lowest BCUT2D eigenvalue weighted by Gasteiger charge is -2.44. The van der Waals surface area contributed by atoms with Gasteiger partial charge < -0.3 is 25.4 Å². The van der Waals surface area contributed by atoms with Gasteiger partial charge in [0.05, 0.1) is 12.7 Å². The second kappa shape index (κ2) is 11.2. The highest BCUT2D eigenvalue weighted by Gasteiger charge is 2.64. The number of hydrogen-bond acceptors (Lipinski definition) is 8. The first kappa shape index (κ1) is 27.6. The summed E-state index contributed by atoms with van der Waals surface area (Å²) in [5.74, 6) is -3.31. The monoisotopic (exact) mass is 553 g/mol. The number of β-lactam (4-membered cyclic amide) rings is 1. The maximum atomic E-state index is 13.3. The highest BCUT2D eigenvalue weighted by Crippen LogP contribution is 2.50. The molecule has 39 heavy (non-hydrogen) atoms. The number of fused-ring (bicyclic) bond motifs is 1. The predicted molar refractivity (Wildman–Crippen MR) is 142 cm³/mol. The minimum atomic E-state index is -1.19. The Morgan fingerprint density at radius 1 is 1.10 bits per heavy atom. The van der Waals surface area contributed by atoms with Crippen LogP contribution in [-0.2, 0) is 19.2 Å². The van der Waals surface area contributed by atoms with Gasteiger partial charge in [0.2, 0.25) is 11.8 Å². The number of para-hydroxylation sites is 1. The number of benzene rings is 2. The summed E-state index contributed by atoms with van der Waals surface area (Å²) in [6, 6.07) is 11.7. The molecule has 0 aliphatic carbocycles. The number of methoxy groups -OCH3 is 1. The molecule has 4 amide bonds. The topological polar surface area (TPSA) is 166 Å². The normalized spacial score (nSPS) is 21.9. The van der Waals surface area contributed by atoms with Crippen LogP contribution in [-0.4, -0.2) is 75.1 Å². The van der Waals surface area contributed by atoms with E-state index in [0.717, 1.165) is 6.21 Å². The van der Waals surface area contributed by atoms with Crippen molar-refractivity contribution in [1.82, 2.24) is 21.0 Å². The minimum absolute atomic E-state index is 0.219. The van der Waals surface area contributed by atoms with E-state index >= 15 is 0 Å². The average Bonchev–Trinajstić information content (AvgIpc) is 3.18. The molecule has 2 fully saturated rings. The summed E-state index contributed by atoms with van der Waals surface area (Å²) in [5.41, 5.74) is 2.90. The van der Waals surface area contributed by atoms with Crippen molar-refractivity contribution in [2.75, 3.05) is 7.11 Å². The SMILES string of the molecule is COc1ccccc1C(=O)N/N=C/C(=O)NC(C(=O)NC1C(=O)N2[C@@H]1SC(C)(C)[C@@H]2C(=O)O)c1ccccc1. The lowest BCUT2D eigenvalue weighted by atomic mass is 9.95. The lowest BCUT2D eigenvalue weighted by molar-refractivity contribution is -0.161. The van der Waals surface area contributed by atoms with Gasteiger partial charge in [-0.1, -0.05) is 42.5 Å². The maximum Gasteiger partial charge on any atom is 0.327 e. The molecule has 0 radical (unpaired) electrons. The van der Waals surface area contributed by atoms with E-state index in [2.05, 4.69) is 21.2 Å². The Balaban J connectivity index is 1.43.